The smallest absolute Gasteiger partial charge is 0.407 e. The lowest BCUT2D eigenvalue weighted by Crippen LogP contribution is -2.44. The zero-order valence-electron chi connectivity index (χ0n) is 28.1. The summed E-state index contributed by atoms with van der Waals surface area (Å²) in [6.45, 7) is 4.68. The number of unbranched alkanes of at least 4 members (excludes halogenated alkanes) is 26. The van der Waals surface area contributed by atoms with Gasteiger partial charge in [0.05, 0.1) is 19.8 Å². The number of hydrogen-bond donors (Lipinski definition) is 2. The Labute approximate surface area is 260 Å². The third-order valence-electron chi connectivity index (χ3n) is 8.23. The average Bonchev–Trinajstić information content (AvgIpc) is 2.99. The second-order valence-electron chi connectivity index (χ2n) is 12.4. The summed E-state index contributed by atoms with van der Waals surface area (Å²) in [5, 5.41) is 11.9. The van der Waals surface area contributed by atoms with E-state index in [1.54, 1.807) is 0 Å². The van der Waals surface area contributed by atoms with Gasteiger partial charge in [0.15, 0.2) is 6.04 Å². The number of esters is 1. The van der Waals surface area contributed by atoms with E-state index in [-0.39, 0.29) is 0 Å². The van der Waals surface area contributed by atoms with Gasteiger partial charge in [0.25, 0.3) is 0 Å². The van der Waals surface area contributed by atoms with Crippen molar-refractivity contribution in [2.75, 3.05) is 19.8 Å². The Balaban J connectivity index is 3.52. The van der Waals surface area contributed by atoms with Crippen LogP contribution in [0.4, 0.5) is 4.79 Å². The first-order valence-corrected chi connectivity index (χ1v) is 18.4. The maximum atomic E-state index is 12.2. The van der Waals surface area contributed by atoms with Crippen molar-refractivity contribution in [2.45, 2.75) is 200 Å². The molecular weight excluding hydrogens is 526 g/mol. The average molecular weight is 598 g/mol. The van der Waals surface area contributed by atoms with Crippen molar-refractivity contribution in [3.05, 3.63) is 0 Å². The number of amides is 1. The molecule has 0 fully saturated rings. The molecule has 6 nitrogen and oxygen atoms in total. The van der Waals surface area contributed by atoms with Gasteiger partial charge in [-0.25, -0.2) is 9.59 Å². The number of carbonyl (C=O) groups excluding carboxylic acids is 2. The lowest BCUT2D eigenvalue weighted by molar-refractivity contribution is -0.147. The molecule has 250 valence electrons. The van der Waals surface area contributed by atoms with Gasteiger partial charge in [-0.15, -0.1) is 0 Å². The first-order valence-electron chi connectivity index (χ1n) is 18.4. The molecular formula is C36H71NO5. The molecule has 0 radical (unpaired) electrons. The van der Waals surface area contributed by atoms with Crippen LogP contribution < -0.4 is 5.32 Å². The molecule has 0 aliphatic carbocycles. The van der Waals surface area contributed by atoms with Crippen LogP contribution in [0.2, 0.25) is 0 Å². The molecule has 0 heterocycles. The second-order valence-corrected chi connectivity index (χ2v) is 12.4. The molecule has 0 aromatic carbocycles. The van der Waals surface area contributed by atoms with Crippen LogP contribution in [0.5, 0.6) is 0 Å². The largest absolute Gasteiger partial charge is 0.464 e. The van der Waals surface area contributed by atoms with Gasteiger partial charge in [-0.2, -0.15) is 0 Å². The molecule has 6 heteroatoms. The quantitative estimate of drug-likeness (QED) is 0.0580. The first-order chi connectivity index (χ1) is 20.7. The normalized spacial score (nSPS) is 11.9. The van der Waals surface area contributed by atoms with Crippen LogP contribution in [0.25, 0.3) is 0 Å². The fourth-order valence-electron chi connectivity index (χ4n) is 5.39. The van der Waals surface area contributed by atoms with Crippen LogP contribution in [-0.4, -0.2) is 43.0 Å². The molecule has 1 amide bonds. The molecule has 1 unspecified atom stereocenters. The number of ether oxygens (including phenoxy) is 2. The molecule has 42 heavy (non-hydrogen) atoms. The van der Waals surface area contributed by atoms with E-state index in [4.69, 9.17) is 9.47 Å². The third kappa shape index (κ3) is 30.2. The Morgan fingerprint density at radius 2 is 0.762 bits per heavy atom. The highest BCUT2D eigenvalue weighted by Crippen LogP contribution is 2.14. The van der Waals surface area contributed by atoms with Crippen molar-refractivity contribution >= 4 is 12.1 Å². The Kier molecular flexibility index (Phi) is 33.1. The third-order valence-corrected chi connectivity index (χ3v) is 8.23. The van der Waals surface area contributed by atoms with Crippen molar-refractivity contribution in [2.24, 2.45) is 0 Å². The maximum Gasteiger partial charge on any atom is 0.407 e. The molecule has 1 atom stereocenters. The summed E-state index contributed by atoms with van der Waals surface area (Å²) >= 11 is 0. The number of nitrogens with one attached hydrogen (secondary N) is 1. The minimum Gasteiger partial charge on any atom is -0.464 e. The minimum atomic E-state index is -1.07. The number of carbonyl (C=O) groups is 2. The van der Waals surface area contributed by atoms with Gasteiger partial charge < -0.3 is 19.9 Å². The fraction of sp³-hybridized carbons (Fsp3) is 0.944. The number of rotatable bonds is 33. The van der Waals surface area contributed by atoms with E-state index in [0.717, 1.165) is 38.5 Å². The standard InChI is InChI=1S/C36H71NO5/c1-3-5-7-9-11-13-15-17-19-21-23-25-27-29-31-41-35(39)34(33-38)37-36(40)42-32-30-28-26-24-22-20-18-16-14-12-10-8-6-4-2/h34,38H,3-33H2,1-2H3,(H,37,40). The summed E-state index contributed by atoms with van der Waals surface area (Å²) in [4.78, 5) is 24.2. The molecule has 0 aromatic rings. The SMILES string of the molecule is CCCCCCCCCCCCCCCCOC(=O)NC(CO)C(=O)OCCCCCCCCCCCCCCCC. The van der Waals surface area contributed by atoms with E-state index in [1.807, 2.05) is 0 Å². The summed E-state index contributed by atoms with van der Waals surface area (Å²) in [5.41, 5.74) is 0. The molecule has 0 saturated heterocycles. The van der Waals surface area contributed by atoms with Crippen LogP contribution in [0.15, 0.2) is 0 Å². The fourth-order valence-corrected chi connectivity index (χ4v) is 5.39. The molecule has 0 aromatic heterocycles. The topological polar surface area (TPSA) is 84.9 Å². The Morgan fingerprint density at radius 1 is 0.476 bits per heavy atom. The van der Waals surface area contributed by atoms with Crippen LogP contribution >= 0.6 is 0 Å². The van der Waals surface area contributed by atoms with Crippen LogP contribution in [0.3, 0.4) is 0 Å². The molecule has 0 saturated carbocycles. The number of hydrogen-bond acceptors (Lipinski definition) is 5. The van der Waals surface area contributed by atoms with Crippen molar-refractivity contribution in [3.63, 3.8) is 0 Å². The van der Waals surface area contributed by atoms with Crippen LogP contribution in [0, 0.1) is 0 Å². The van der Waals surface area contributed by atoms with Gasteiger partial charge in [-0.05, 0) is 12.8 Å². The molecule has 0 rings (SSSR count). The molecule has 0 aliphatic rings. The highest BCUT2D eigenvalue weighted by atomic mass is 16.6. The van der Waals surface area contributed by atoms with Crippen molar-refractivity contribution in [1.82, 2.24) is 5.32 Å². The lowest BCUT2D eigenvalue weighted by atomic mass is 10.0. The summed E-state index contributed by atoms with van der Waals surface area (Å²) in [7, 11) is 0. The zero-order valence-corrected chi connectivity index (χ0v) is 28.1. The summed E-state index contributed by atoms with van der Waals surface area (Å²) < 4.78 is 10.5. The van der Waals surface area contributed by atoms with E-state index >= 15 is 0 Å². The van der Waals surface area contributed by atoms with Crippen LogP contribution in [0.1, 0.15) is 194 Å². The van der Waals surface area contributed by atoms with Gasteiger partial charge in [0.1, 0.15) is 0 Å². The van der Waals surface area contributed by atoms with Gasteiger partial charge in [-0.1, -0.05) is 181 Å². The monoisotopic (exact) mass is 598 g/mol. The summed E-state index contributed by atoms with van der Waals surface area (Å²) in [6, 6.07) is -1.07. The number of aliphatic hydroxyl groups excluding tert-OH is 1. The molecule has 0 spiro atoms. The highest BCUT2D eigenvalue weighted by molar-refractivity contribution is 5.81. The molecule has 2 N–H and O–H groups in total. The van der Waals surface area contributed by atoms with E-state index in [9.17, 15) is 14.7 Å². The lowest BCUT2D eigenvalue weighted by Gasteiger charge is -2.15. The van der Waals surface area contributed by atoms with Gasteiger partial charge in [0, 0.05) is 0 Å². The summed E-state index contributed by atoms with van der Waals surface area (Å²) in [5.74, 6) is -0.597. The van der Waals surface area contributed by atoms with E-state index in [0.29, 0.717) is 13.2 Å². The van der Waals surface area contributed by atoms with Crippen molar-refractivity contribution < 1.29 is 24.2 Å². The van der Waals surface area contributed by atoms with Crippen LogP contribution in [-0.2, 0) is 14.3 Å². The first kappa shape index (κ1) is 40.7. The number of alkyl carbamates (subject to hydrolysis) is 1. The predicted molar refractivity (Wildman–Crippen MR) is 177 cm³/mol. The zero-order chi connectivity index (χ0) is 30.8. The predicted octanol–water partition coefficient (Wildman–Crippen LogP) is 10.6. The minimum absolute atomic E-state index is 0.323. The van der Waals surface area contributed by atoms with E-state index < -0.39 is 24.7 Å². The van der Waals surface area contributed by atoms with Crippen molar-refractivity contribution in [3.8, 4) is 0 Å². The summed E-state index contributed by atoms with van der Waals surface area (Å²) in [6.07, 6.45) is 35.0. The number of aliphatic hydroxyl groups is 1. The molecule has 0 aliphatic heterocycles. The van der Waals surface area contributed by atoms with Gasteiger partial charge in [0.2, 0.25) is 0 Å². The van der Waals surface area contributed by atoms with Gasteiger partial charge >= 0.3 is 12.1 Å². The highest BCUT2D eigenvalue weighted by Gasteiger charge is 2.22. The van der Waals surface area contributed by atoms with E-state index in [1.165, 1.54) is 141 Å². The second kappa shape index (κ2) is 34.2. The maximum absolute atomic E-state index is 12.2. The Hall–Kier alpha value is -1.30. The van der Waals surface area contributed by atoms with Gasteiger partial charge in [-0.3, -0.25) is 0 Å². The van der Waals surface area contributed by atoms with E-state index in [2.05, 4.69) is 19.2 Å². The Morgan fingerprint density at radius 3 is 1.07 bits per heavy atom. The Bertz CT molecular complexity index is 571. The van der Waals surface area contributed by atoms with Crippen molar-refractivity contribution in [1.29, 1.82) is 0 Å². The molecule has 0 bridgehead atoms.